The highest BCUT2D eigenvalue weighted by atomic mass is 16.2. The van der Waals surface area contributed by atoms with E-state index in [0.717, 1.165) is 11.4 Å². The lowest BCUT2D eigenvalue weighted by molar-refractivity contribution is -0.115. The highest BCUT2D eigenvalue weighted by molar-refractivity contribution is 6.00. The molecule has 9 heteroatoms. The zero-order valence-electron chi connectivity index (χ0n) is 15.5. The van der Waals surface area contributed by atoms with E-state index in [1.165, 1.54) is 0 Å². The van der Waals surface area contributed by atoms with Crippen LogP contribution in [0.5, 0.6) is 0 Å². The summed E-state index contributed by atoms with van der Waals surface area (Å²) in [5.41, 5.74) is 3.72. The van der Waals surface area contributed by atoms with Crippen LogP contribution in [0, 0.1) is 6.92 Å². The Bertz CT molecular complexity index is 1250. The number of H-pyrrole nitrogens is 2. The summed E-state index contributed by atoms with van der Waals surface area (Å²) in [6.07, 6.45) is 1.71. The van der Waals surface area contributed by atoms with E-state index in [-0.39, 0.29) is 24.0 Å². The van der Waals surface area contributed by atoms with Crippen LogP contribution in [0.15, 0.2) is 59.5 Å². The molecular weight excluding hydrogens is 372 g/mol. The molecule has 29 heavy (non-hydrogen) atoms. The van der Waals surface area contributed by atoms with Crippen molar-refractivity contribution >= 4 is 28.5 Å². The second-order valence-corrected chi connectivity index (χ2v) is 6.50. The van der Waals surface area contributed by atoms with E-state index in [9.17, 15) is 14.4 Å². The van der Waals surface area contributed by atoms with E-state index in [4.69, 9.17) is 0 Å². The Morgan fingerprint density at radius 2 is 1.79 bits per heavy atom. The second kappa shape index (κ2) is 7.47. The molecule has 2 heterocycles. The molecule has 2 aromatic carbocycles. The standard InChI is InChI=1S/C20H18N6O3/c1-12-8-9-22-26(12)15-5-2-13(3-6-15)19(28)21-11-18(27)23-14-4-7-16-17(10-14)25-20(29)24-16/h2-10H,11H2,1H3,(H,21,28)(H,23,27)(H2,24,25,29). The number of hydrogen-bond acceptors (Lipinski definition) is 4. The first-order valence-electron chi connectivity index (χ1n) is 8.91. The molecule has 4 N–H and O–H groups in total. The number of nitrogens with one attached hydrogen (secondary N) is 4. The Hall–Kier alpha value is -4.14. The molecule has 4 rings (SSSR count). The van der Waals surface area contributed by atoms with E-state index < -0.39 is 0 Å². The number of carbonyl (C=O) groups is 2. The molecule has 2 amide bonds. The topological polar surface area (TPSA) is 125 Å². The minimum atomic E-state index is -0.376. The average molecular weight is 390 g/mol. The van der Waals surface area contributed by atoms with Crippen LogP contribution in [0.25, 0.3) is 16.7 Å². The summed E-state index contributed by atoms with van der Waals surface area (Å²) < 4.78 is 1.77. The summed E-state index contributed by atoms with van der Waals surface area (Å²) in [4.78, 5) is 40.9. The summed E-state index contributed by atoms with van der Waals surface area (Å²) >= 11 is 0. The van der Waals surface area contributed by atoms with Crippen molar-refractivity contribution in [2.24, 2.45) is 0 Å². The maximum atomic E-state index is 12.3. The van der Waals surface area contributed by atoms with Crippen LogP contribution in [-0.2, 0) is 4.79 Å². The molecule has 0 spiro atoms. The molecule has 0 fully saturated rings. The molecule has 0 radical (unpaired) electrons. The van der Waals surface area contributed by atoms with Gasteiger partial charge in [0.05, 0.1) is 23.3 Å². The maximum Gasteiger partial charge on any atom is 0.323 e. The number of hydrogen-bond donors (Lipinski definition) is 4. The van der Waals surface area contributed by atoms with Crippen molar-refractivity contribution < 1.29 is 9.59 Å². The predicted molar refractivity (Wildman–Crippen MR) is 108 cm³/mol. The van der Waals surface area contributed by atoms with E-state index in [2.05, 4.69) is 25.7 Å². The number of aromatic nitrogens is 4. The maximum absolute atomic E-state index is 12.3. The Labute approximate surface area is 164 Å². The van der Waals surface area contributed by atoms with Gasteiger partial charge in [0, 0.05) is 23.1 Å². The minimum Gasteiger partial charge on any atom is -0.343 e. The van der Waals surface area contributed by atoms with Crippen LogP contribution in [0.4, 0.5) is 5.69 Å². The Kier molecular flexibility index (Phi) is 4.70. The number of anilines is 1. The lowest BCUT2D eigenvalue weighted by Gasteiger charge is -2.08. The monoisotopic (exact) mass is 390 g/mol. The summed E-state index contributed by atoms with van der Waals surface area (Å²) in [7, 11) is 0. The molecule has 0 aliphatic heterocycles. The number of amides is 2. The van der Waals surface area contributed by atoms with Crippen molar-refractivity contribution in [2.75, 3.05) is 11.9 Å². The number of aryl methyl sites for hydroxylation is 1. The van der Waals surface area contributed by atoms with Gasteiger partial charge in [0.1, 0.15) is 0 Å². The molecule has 0 aliphatic rings. The van der Waals surface area contributed by atoms with Crippen molar-refractivity contribution in [2.45, 2.75) is 6.92 Å². The van der Waals surface area contributed by atoms with E-state index in [1.807, 2.05) is 13.0 Å². The first-order valence-corrected chi connectivity index (χ1v) is 8.91. The van der Waals surface area contributed by atoms with Crippen LogP contribution in [0.3, 0.4) is 0 Å². The zero-order valence-corrected chi connectivity index (χ0v) is 15.5. The molecule has 2 aromatic heterocycles. The first-order chi connectivity index (χ1) is 14.0. The fourth-order valence-electron chi connectivity index (χ4n) is 2.97. The molecule has 9 nitrogen and oxygen atoms in total. The van der Waals surface area contributed by atoms with Gasteiger partial charge in [-0.05, 0) is 55.5 Å². The van der Waals surface area contributed by atoms with E-state index in [1.54, 1.807) is 53.3 Å². The Balaban J connectivity index is 1.35. The second-order valence-electron chi connectivity index (χ2n) is 6.50. The number of rotatable bonds is 5. The quantitative estimate of drug-likeness (QED) is 0.414. The average Bonchev–Trinajstić information content (AvgIpc) is 3.30. The fourth-order valence-corrected chi connectivity index (χ4v) is 2.97. The Morgan fingerprint density at radius 3 is 2.52 bits per heavy atom. The van der Waals surface area contributed by atoms with Crippen LogP contribution in [-0.4, -0.2) is 38.1 Å². The molecule has 0 saturated heterocycles. The van der Waals surface area contributed by atoms with Crippen molar-refractivity contribution in [3.8, 4) is 5.69 Å². The smallest absolute Gasteiger partial charge is 0.323 e. The van der Waals surface area contributed by atoms with Gasteiger partial charge in [-0.15, -0.1) is 0 Å². The molecular formula is C20H18N6O3. The van der Waals surface area contributed by atoms with Gasteiger partial charge in [0.15, 0.2) is 0 Å². The van der Waals surface area contributed by atoms with Gasteiger partial charge in [-0.2, -0.15) is 5.10 Å². The van der Waals surface area contributed by atoms with Gasteiger partial charge in [-0.3, -0.25) is 9.59 Å². The van der Waals surface area contributed by atoms with Gasteiger partial charge in [0.25, 0.3) is 5.91 Å². The third-order valence-electron chi connectivity index (χ3n) is 4.42. The third kappa shape index (κ3) is 3.93. The number of imidazole rings is 1. The van der Waals surface area contributed by atoms with Crippen LogP contribution < -0.4 is 16.3 Å². The largest absolute Gasteiger partial charge is 0.343 e. The van der Waals surface area contributed by atoms with Crippen LogP contribution >= 0.6 is 0 Å². The van der Waals surface area contributed by atoms with Crippen molar-refractivity contribution in [3.63, 3.8) is 0 Å². The number of carbonyl (C=O) groups excluding carboxylic acids is 2. The summed E-state index contributed by atoms with van der Waals surface area (Å²) in [6.45, 7) is 1.76. The van der Waals surface area contributed by atoms with Gasteiger partial charge < -0.3 is 20.6 Å². The Morgan fingerprint density at radius 1 is 1.03 bits per heavy atom. The van der Waals surface area contributed by atoms with E-state index in [0.29, 0.717) is 22.3 Å². The predicted octanol–water partition coefficient (Wildman–Crippen LogP) is 1.72. The van der Waals surface area contributed by atoms with Gasteiger partial charge in [-0.25, -0.2) is 9.48 Å². The number of benzene rings is 2. The molecule has 0 aliphatic carbocycles. The SMILES string of the molecule is Cc1ccnn1-c1ccc(C(=O)NCC(=O)Nc2ccc3[nH]c(=O)[nH]c3c2)cc1. The number of fused-ring (bicyclic) bond motifs is 1. The van der Waals surface area contributed by atoms with Gasteiger partial charge in [0.2, 0.25) is 5.91 Å². The minimum absolute atomic E-state index is 0.180. The zero-order chi connectivity index (χ0) is 20.4. The number of aromatic amines is 2. The normalized spacial score (nSPS) is 10.8. The highest BCUT2D eigenvalue weighted by Crippen LogP contribution is 2.14. The molecule has 0 unspecified atom stereocenters. The van der Waals surface area contributed by atoms with Crippen molar-refractivity contribution in [1.82, 2.24) is 25.1 Å². The van der Waals surface area contributed by atoms with Crippen LogP contribution in [0.2, 0.25) is 0 Å². The lowest BCUT2D eigenvalue weighted by atomic mass is 10.2. The van der Waals surface area contributed by atoms with Gasteiger partial charge >= 0.3 is 5.69 Å². The van der Waals surface area contributed by atoms with Gasteiger partial charge in [-0.1, -0.05) is 0 Å². The van der Waals surface area contributed by atoms with Crippen molar-refractivity contribution in [1.29, 1.82) is 0 Å². The summed E-state index contributed by atoms with van der Waals surface area (Å²) in [5, 5.41) is 9.49. The van der Waals surface area contributed by atoms with Crippen LogP contribution in [0.1, 0.15) is 16.1 Å². The molecule has 146 valence electrons. The summed E-state index contributed by atoms with van der Waals surface area (Å²) in [5.74, 6) is -0.728. The molecule has 4 aromatic rings. The lowest BCUT2D eigenvalue weighted by Crippen LogP contribution is -2.32. The fraction of sp³-hybridized carbons (Fsp3) is 0.100. The van der Waals surface area contributed by atoms with Crippen molar-refractivity contribution in [3.05, 3.63) is 76.5 Å². The first kappa shape index (κ1) is 18.2. The highest BCUT2D eigenvalue weighted by Gasteiger charge is 2.10. The molecule has 0 atom stereocenters. The number of nitrogens with zero attached hydrogens (tertiary/aromatic N) is 2. The third-order valence-corrected chi connectivity index (χ3v) is 4.42. The molecule has 0 bridgehead atoms. The van der Waals surface area contributed by atoms with E-state index >= 15 is 0 Å². The summed E-state index contributed by atoms with van der Waals surface area (Å²) in [6, 6.07) is 13.8. The molecule has 0 saturated carbocycles.